The SMILES string of the molecule is N/N=C1/C=CC2N=NCN2N1. The average molecular weight is 152 g/mol. The first-order valence-electron chi connectivity index (χ1n) is 3.26. The maximum atomic E-state index is 5.07. The predicted octanol–water partition coefficient (Wildman–Crippen LogP) is -0.616. The van der Waals surface area contributed by atoms with E-state index in [4.69, 9.17) is 5.84 Å². The summed E-state index contributed by atoms with van der Waals surface area (Å²) in [6, 6.07) is 0. The van der Waals surface area contributed by atoms with E-state index in [0.29, 0.717) is 12.5 Å². The summed E-state index contributed by atoms with van der Waals surface area (Å²) in [5.74, 6) is 5.71. The van der Waals surface area contributed by atoms with E-state index in [1.165, 1.54) is 0 Å². The van der Waals surface area contributed by atoms with Gasteiger partial charge in [0.1, 0.15) is 6.67 Å². The number of azo groups is 1. The summed E-state index contributed by atoms with van der Waals surface area (Å²) in [6.45, 7) is 0.550. The first-order valence-corrected chi connectivity index (χ1v) is 3.26. The summed E-state index contributed by atoms with van der Waals surface area (Å²) >= 11 is 0. The van der Waals surface area contributed by atoms with Crippen LogP contribution in [-0.2, 0) is 0 Å². The summed E-state index contributed by atoms with van der Waals surface area (Å²) in [5.41, 5.74) is 2.95. The van der Waals surface area contributed by atoms with Gasteiger partial charge in [0.05, 0.1) is 0 Å². The average Bonchev–Trinajstić information content (AvgIpc) is 2.50. The molecule has 3 N–H and O–H groups in total. The summed E-state index contributed by atoms with van der Waals surface area (Å²) in [6.07, 6.45) is 3.69. The van der Waals surface area contributed by atoms with Gasteiger partial charge in [-0.05, 0) is 12.2 Å². The quantitative estimate of drug-likeness (QED) is 0.359. The van der Waals surface area contributed by atoms with Gasteiger partial charge in [0, 0.05) is 0 Å². The molecule has 0 aromatic carbocycles. The van der Waals surface area contributed by atoms with Crippen molar-refractivity contribution in [1.29, 1.82) is 0 Å². The number of hydrazone groups is 1. The van der Waals surface area contributed by atoms with Gasteiger partial charge in [0.2, 0.25) is 0 Å². The van der Waals surface area contributed by atoms with Crippen LogP contribution in [0.3, 0.4) is 0 Å². The van der Waals surface area contributed by atoms with Gasteiger partial charge in [0.25, 0.3) is 0 Å². The third-order valence-electron chi connectivity index (χ3n) is 1.56. The number of amidine groups is 1. The Hall–Kier alpha value is -1.43. The van der Waals surface area contributed by atoms with Crippen molar-refractivity contribution in [1.82, 2.24) is 10.4 Å². The fourth-order valence-electron chi connectivity index (χ4n) is 1.01. The Kier molecular flexibility index (Phi) is 1.32. The number of hydrazine groups is 1. The van der Waals surface area contributed by atoms with Crippen molar-refractivity contribution in [2.24, 2.45) is 21.2 Å². The van der Waals surface area contributed by atoms with E-state index < -0.39 is 0 Å². The molecule has 0 saturated carbocycles. The van der Waals surface area contributed by atoms with Gasteiger partial charge in [-0.15, -0.1) is 0 Å². The van der Waals surface area contributed by atoms with E-state index >= 15 is 0 Å². The maximum absolute atomic E-state index is 5.07. The summed E-state index contributed by atoms with van der Waals surface area (Å²) < 4.78 is 0. The fourth-order valence-corrected chi connectivity index (χ4v) is 1.01. The lowest BCUT2D eigenvalue weighted by Gasteiger charge is -2.23. The lowest BCUT2D eigenvalue weighted by molar-refractivity contribution is 0.234. The molecular formula is C5H8N6. The number of fused-ring (bicyclic) bond motifs is 1. The molecule has 6 nitrogen and oxygen atoms in total. The zero-order valence-electron chi connectivity index (χ0n) is 5.81. The number of rotatable bonds is 0. The van der Waals surface area contributed by atoms with Crippen LogP contribution in [0.5, 0.6) is 0 Å². The number of hydrogen-bond donors (Lipinski definition) is 2. The molecule has 2 aliphatic heterocycles. The Balaban J connectivity index is 2.19. The van der Waals surface area contributed by atoms with Crippen LogP contribution in [0.4, 0.5) is 0 Å². The van der Waals surface area contributed by atoms with E-state index in [-0.39, 0.29) is 6.17 Å². The molecule has 1 unspecified atom stereocenters. The summed E-state index contributed by atoms with van der Waals surface area (Å²) in [7, 11) is 0. The smallest absolute Gasteiger partial charge is 0.161 e. The van der Waals surface area contributed by atoms with Crippen LogP contribution in [-0.4, -0.2) is 23.7 Å². The number of nitrogens with one attached hydrogen (secondary N) is 1. The molecule has 6 heteroatoms. The van der Waals surface area contributed by atoms with Crippen LogP contribution in [0.1, 0.15) is 0 Å². The van der Waals surface area contributed by atoms with Gasteiger partial charge < -0.3 is 5.84 Å². The normalized spacial score (nSPS) is 32.4. The van der Waals surface area contributed by atoms with E-state index in [0.717, 1.165) is 0 Å². The van der Waals surface area contributed by atoms with E-state index in [2.05, 4.69) is 20.8 Å². The molecule has 0 aliphatic carbocycles. The van der Waals surface area contributed by atoms with Crippen LogP contribution >= 0.6 is 0 Å². The van der Waals surface area contributed by atoms with Gasteiger partial charge in [0.15, 0.2) is 12.0 Å². The van der Waals surface area contributed by atoms with E-state index in [1.54, 1.807) is 6.08 Å². The summed E-state index contributed by atoms with van der Waals surface area (Å²) in [5, 5.41) is 13.1. The highest BCUT2D eigenvalue weighted by atomic mass is 15.6. The highest BCUT2D eigenvalue weighted by Crippen LogP contribution is 2.11. The van der Waals surface area contributed by atoms with Crippen molar-refractivity contribution in [3.63, 3.8) is 0 Å². The molecule has 2 heterocycles. The first-order chi connectivity index (χ1) is 5.40. The fraction of sp³-hybridized carbons (Fsp3) is 0.400. The molecule has 0 radical (unpaired) electrons. The first kappa shape index (κ1) is 6.29. The Morgan fingerprint density at radius 3 is 3.55 bits per heavy atom. The number of hydrogen-bond acceptors (Lipinski definition) is 5. The molecule has 0 aromatic rings. The zero-order valence-corrected chi connectivity index (χ0v) is 5.81. The zero-order chi connectivity index (χ0) is 7.68. The van der Waals surface area contributed by atoms with Crippen molar-refractivity contribution >= 4 is 5.84 Å². The van der Waals surface area contributed by atoms with Crippen LogP contribution in [0.25, 0.3) is 0 Å². The molecule has 0 aromatic heterocycles. The largest absolute Gasteiger partial charge is 0.321 e. The Bertz CT molecular complexity index is 241. The van der Waals surface area contributed by atoms with Crippen LogP contribution in [0, 0.1) is 0 Å². The standard InChI is InChI=1S/C5H8N6/c6-8-4-1-2-5-9-7-3-11(5)10-4/h1-2,5H,3,6H2,(H,8,10). The molecular weight excluding hydrogens is 144 g/mol. The van der Waals surface area contributed by atoms with E-state index in [1.807, 2.05) is 11.1 Å². The van der Waals surface area contributed by atoms with Crippen LogP contribution in [0.2, 0.25) is 0 Å². The lowest BCUT2D eigenvalue weighted by Crippen LogP contribution is -2.47. The second kappa shape index (κ2) is 2.31. The Labute approximate surface area is 63.4 Å². The molecule has 1 atom stereocenters. The Morgan fingerprint density at radius 2 is 2.73 bits per heavy atom. The van der Waals surface area contributed by atoms with Crippen molar-refractivity contribution < 1.29 is 0 Å². The molecule has 11 heavy (non-hydrogen) atoms. The number of nitrogens with two attached hydrogens (primary N) is 1. The van der Waals surface area contributed by atoms with Gasteiger partial charge >= 0.3 is 0 Å². The van der Waals surface area contributed by atoms with Gasteiger partial charge in [-0.25, -0.2) is 0 Å². The molecule has 0 bridgehead atoms. The van der Waals surface area contributed by atoms with Crippen molar-refractivity contribution in [2.75, 3.05) is 6.67 Å². The van der Waals surface area contributed by atoms with Crippen molar-refractivity contribution in [3.05, 3.63) is 12.2 Å². The minimum Gasteiger partial charge on any atom is -0.321 e. The molecule has 2 rings (SSSR count). The summed E-state index contributed by atoms with van der Waals surface area (Å²) in [4.78, 5) is 0. The monoisotopic (exact) mass is 152 g/mol. The molecule has 0 spiro atoms. The predicted molar refractivity (Wildman–Crippen MR) is 39.2 cm³/mol. The topological polar surface area (TPSA) is 78.4 Å². The van der Waals surface area contributed by atoms with Crippen LogP contribution in [0.15, 0.2) is 27.5 Å². The Morgan fingerprint density at radius 1 is 1.82 bits per heavy atom. The highest BCUT2D eigenvalue weighted by Gasteiger charge is 2.23. The third kappa shape index (κ3) is 0.966. The van der Waals surface area contributed by atoms with Gasteiger partial charge in [-0.1, -0.05) is 0 Å². The lowest BCUT2D eigenvalue weighted by atomic mass is 10.3. The third-order valence-corrected chi connectivity index (χ3v) is 1.56. The van der Waals surface area contributed by atoms with Crippen molar-refractivity contribution in [3.8, 4) is 0 Å². The number of nitrogens with zero attached hydrogens (tertiary/aromatic N) is 4. The highest BCUT2D eigenvalue weighted by molar-refractivity contribution is 5.93. The van der Waals surface area contributed by atoms with Gasteiger partial charge in [-0.3, -0.25) is 5.43 Å². The van der Waals surface area contributed by atoms with Crippen LogP contribution < -0.4 is 11.3 Å². The van der Waals surface area contributed by atoms with Gasteiger partial charge in [-0.2, -0.15) is 20.3 Å². The van der Waals surface area contributed by atoms with E-state index in [9.17, 15) is 0 Å². The minimum absolute atomic E-state index is 0.0144. The molecule has 0 saturated heterocycles. The molecule has 2 aliphatic rings. The molecule has 0 amide bonds. The van der Waals surface area contributed by atoms with Crippen molar-refractivity contribution in [2.45, 2.75) is 6.17 Å². The molecule has 58 valence electrons. The second-order valence-corrected chi connectivity index (χ2v) is 2.27. The minimum atomic E-state index is 0.0144. The molecule has 0 fully saturated rings. The second-order valence-electron chi connectivity index (χ2n) is 2.27. The maximum Gasteiger partial charge on any atom is 0.161 e.